The molecule has 0 aliphatic carbocycles. The van der Waals surface area contributed by atoms with E-state index in [1.807, 2.05) is 17.2 Å². The van der Waals surface area contributed by atoms with Crippen LogP contribution in [0.2, 0.25) is 0 Å². The second kappa shape index (κ2) is 5.51. The zero-order valence-electron chi connectivity index (χ0n) is 10.0. The van der Waals surface area contributed by atoms with Crippen molar-refractivity contribution in [2.24, 2.45) is 0 Å². The molecule has 94 valence electrons. The molecule has 2 rings (SSSR count). The van der Waals surface area contributed by atoms with E-state index in [9.17, 15) is 4.79 Å². The molecule has 1 aliphatic rings. The molecule has 0 spiro atoms. The van der Waals surface area contributed by atoms with Gasteiger partial charge in [0.1, 0.15) is 4.88 Å². The number of ether oxygens (including phenoxy) is 1. The Kier molecular flexibility index (Phi) is 4.02. The molecule has 4 nitrogen and oxygen atoms in total. The summed E-state index contributed by atoms with van der Waals surface area (Å²) in [6.45, 7) is 4.18. The van der Waals surface area contributed by atoms with Gasteiger partial charge in [0.2, 0.25) is 0 Å². The van der Waals surface area contributed by atoms with Gasteiger partial charge in [-0.15, -0.1) is 11.3 Å². The number of hydrogen-bond donors (Lipinski definition) is 1. The lowest BCUT2D eigenvalue weighted by molar-refractivity contribution is 0.00745. The number of nitrogen functional groups attached to an aromatic ring is 1. The molecule has 17 heavy (non-hydrogen) atoms. The Bertz CT molecular complexity index is 390. The fraction of sp³-hybridized carbons (Fsp3) is 0.583. The first kappa shape index (κ1) is 12.4. The highest BCUT2D eigenvalue weighted by atomic mass is 32.1. The molecule has 5 heteroatoms. The molecule has 1 aromatic rings. The van der Waals surface area contributed by atoms with E-state index in [1.165, 1.54) is 11.3 Å². The van der Waals surface area contributed by atoms with Crippen LogP contribution in [-0.2, 0) is 4.74 Å². The third-order valence-electron chi connectivity index (χ3n) is 2.96. The minimum atomic E-state index is 0.0434. The normalized spacial score (nSPS) is 20.5. The van der Waals surface area contributed by atoms with Gasteiger partial charge in [-0.25, -0.2) is 0 Å². The zero-order valence-corrected chi connectivity index (χ0v) is 10.8. The minimum absolute atomic E-state index is 0.0434. The number of thiophene rings is 1. The van der Waals surface area contributed by atoms with Gasteiger partial charge in [-0.1, -0.05) is 0 Å². The van der Waals surface area contributed by atoms with E-state index in [4.69, 9.17) is 10.5 Å². The molecule has 0 saturated carbocycles. The van der Waals surface area contributed by atoms with Crippen LogP contribution in [0.5, 0.6) is 0 Å². The van der Waals surface area contributed by atoms with Crippen LogP contribution in [0, 0.1) is 0 Å². The number of likely N-dealkylation sites (tertiary alicyclic amines) is 1. The molecular weight excluding hydrogens is 236 g/mol. The molecule has 1 fully saturated rings. The largest absolute Gasteiger partial charge is 0.397 e. The van der Waals surface area contributed by atoms with Crippen molar-refractivity contribution >= 4 is 22.9 Å². The fourth-order valence-corrected chi connectivity index (χ4v) is 2.92. The van der Waals surface area contributed by atoms with Crippen LogP contribution in [0.3, 0.4) is 0 Å². The Balaban J connectivity index is 2.02. The van der Waals surface area contributed by atoms with Crippen molar-refractivity contribution in [3.05, 3.63) is 16.3 Å². The number of carbonyl (C=O) groups excluding carboxylic acids is 1. The van der Waals surface area contributed by atoms with E-state index in [0.717, 1.165) is 19.4 Å². The maximum atomic E-state index is 12.2. The number of carbonyl (C=O) groups is 1. The van der Waals surface area contributed by atoms with E-state index in [0.29, 0.717) is 23.7 Å². The summed E-state index contributed by atoms with van der Waals surface area (Å²) >= 11 is 1.41. The van der Waals surface area contributed by atoms with Crippen LogP contribution in [-0.4, -0.2) is 36.6 Å². The van der Waals surface area contributed by atoms with Crippen molar-refractivity contribution in [1.29, 1.82) is 0 Å². The lowest BCUT2D eigenvalue weighted by Gasteiger charge is -2.32. The second-order valence-electron chi connectivity index (χ2n) is 4.18. The monoisotopic (exact) mass is 254 g/mol. The summed E-state index contributed by atoms with van der Waals surface area (Å²) < 4.78 is 5.59. The van der Waals surface area contributed by atoms with Crippen molar-refractivity contribution in [1.82, 2.24) is 4.90 Å². The average Bonchev–Trinajstić information content (AvgIpc) is 2.75. The predicted octanol–water partition coefficient (Wildman–Crippen LogP) is 1.97. The van der Waals surface area contributed by atoms with E-state index in [-0.39, 0.29) is 12.0 Å². The third kappa shape index (κ3) is 2.79. The Labute approximate surface area is 105 Å². The van der Waals surface area contributed by atoms with Crippen molar-refractivity contribution in [3.63, 3.8) is 0 Å². The number of nitrogens with two attached hydrogens (primary N) is 1. The summed E-state index contributed by atoms with van der Waals surface area (Å²) in [6, 6.07) is 1.78. The molecule has 0 aromatic carbocycles. The average molecular weight is 254 g/mol. The standard InChI is InChI=1S/C12H18N2O2S/c1-2-16-9-4-3-6-14(8-9)12(15)11-10(13)5-7-17-11/h5,7,9H,2-4,6,8,13H2,1H3. The maximum Gasteiger partial charge on any atom is 0.266 e. The van der Waals surface area contributed by atoms with Crippen LogP contribution in [0.25, 0.3) is 0 Å². The van der Waals surface area contributed by atoms with E-state index in [1.54, 1.807) is 6.07 Å². The molecular formula is C12H18N2O2S. The number of amides is 1. The fourth-order valence-electron chi connectivity index (χ4n) is 2.13. The van der Waals surface area contributed by atoms with Gasteiger partial charge in [-0.3, -0.25) is 4.79 Å². The Morgan fingerprint density at radius 1 is 1.71 bits per heavy atom. The first-order valence-electron chi connectivity index (χ1n) is 5.96. The third-order valence-corrected chi connectivity index (χ3v) is 3.88. The number of piperidine rings is 1. The summed E-state index contributed by atoms with van der Waals surface area (Å²) in [5, 5.41) is 1.85. The van der Waals surface area contributed by atoms with Crippen molar-refractivity contribution in [2.45, 2.75) is 25.9 Å². The van der Waals surface area contributed by atoms with Crippen LogP contribution >= 0.6 is 11.3 Å². The van der Waals surface area contributed by atoms with Crippen LogP contribution < -0.4 is 5.73 Å². The Hall–Kier alpha value is -1.07. The van der Waals surface area contributed by atoms with Crippen molar-refractivity contribution < 1.29 is 9.53 Å². The highest BCUT2D eigenvalue weighted by Crippen LogP contribution is 2.23. The van der Waals surface area contributed by atoms with Crippen LogP contribution in [0.1, 0.15) is 29.4 Å². The van der Waals surface area contributed by atoms with Gasteiger partial charge < -0.3 is 15.4 Å². The number of nitrogens with zero attached hydrogens (tertiary/aromatic N) is 1. The van der Waals surface area contributed by atoms with E-state index >= 15 is 0 Å². The van der Waals surface area contributed by atoms with Gasteiger partial charge in [-0.2, -0.15) is 0 Å². The highest BCUT2D eigenvalue weighted by molar-refractivity contribution is 7.12. The number of anilines is 1. The quantitative estimate of drug-likeness (QED) is 0.897. The lowest BCUT2D eigenvalue weighted by Crippen LogP contribution is -2.43. The lowest BCUT2D eigenvalue weighted by atomic mass is 10.1. The van der Waals surface area contributed by atoms with Gasteiger partial charge in [0.25, 0.3) is 5.91 Å². The van der Waals surface area contributed by atoms with Crippen molar-refractivity contribution in [2.75, 3.05) is 25.4 Å². The molecule has 0 radical (unpaired) electrons. The molecule has 1 aromatic heterocycles. The summed E-state index contributed by atoms with van der Waals surface area (Å²) in [5.74, 6) is 0.0434. The molecule has 1 aliphatic heterocycles. The molecule has 1 unspecified atom stereocenters. The van der Waals surface area contributed by atoms with E-state index < -0.39 is 0 Å². The summed E-state index contributed by atoms with van der Waals surface area (Å²) in [4.78, 5) is 14.7. The van der Waals surface area contributed by atoms with Gasteiger partial charge in [0.15, 0.2) is 0 Å². The first-order valence-corrected chi connectivity index (χ1v) is 6.84. The molecule has 1 amide bonds. The smallest absolute Gasteiger partial charge is 0.266 e. The molecule has 2 heterocycles. The van der Waals surface area contributed by atoms with Gasteiger partial charge >= 0.3 is 0 Å². The van der Waals surface area contributed by atoms with Gasteiger partial charge in [0, 0.05) is 19.7 Å². The molecule has 2 N–H and O–H groups in total. The van der Waals surface area contributed by atoms with Gasteiger partial charge in [-0.05, 0) is 31.2 Å². The topological polar surface area (TPSA) is 55.6 Å². The Morgan fingerprint density at radius 2 is 2.53 bits per heavy atom. The minimum Gasteiger partial charge on any atom is -0.397 e. The SMILES string of the molecule is CCOC1CCCN(C(=O)c2sccc2N)C1. The second-order valence-corrected chi connectivity index (χ2v) is 5.09. The maximum absolute atomic E-state index is 12.2. The van der Waals surface area contributed by atoms with Crippen LogP contribution in [0.4, 0.5) is 5.69 Å². The molecule has 0 bridgehead atoms. The molecule has 1 atom stereocenters. The summed E-state index contributed by atoms with van der Waals surface area (Å²) in [7, 11) is 0. The number of rotatable bonds is 3. The highest BCUT2D eigenvalue weighted by Gasteiger charge is 2.26. The summed E-state index contributed by atoms with van der Waals surface area (Å²) in [5.41, 5.74) is 6.36. The summed E-state index contributed by atoms with van der Waals surface area (Å²) in [6.07, 6.45) is 2.22. The van der Waals surface area contributed by atoms with Crippen LogP contribution in [0.15, 0.2) is 11.4 Å². The first-order chi connectivity index (χ1) is 8.22. The van der Waals surface area contributed by atoms with E-state index in [2.05, 4.69) is 0 Å². The molecule has 1 saturated heterocycles. The van der Waals surface area contributed by atoms with Crippen molar-refractivity contribution in [3.8, 4) is 0 Å². The Morgan fingerprint density at radius 3 is 3.18 bits per heavy atom. The predicted molar refractivity (Wildman–Crippen MR) is 69.3 cm³/mol. The zero-order chi connectivity index (χ0) is 12.3. The van der Waals surface area contributed by atoms with Gasteiger partial charge in [0.05, 0.1) is 11.8 Å². The number of hydrogen-bond acceptors (Lipinski definition) is 4.